The van der Waals surface area contributed by atoms with Crippen molar-refractivity contribution >= 4 is 57.8 Å². The third kappa shape index (κ3) is 17.1. The molecule has 80 heavy (non-hydrogen) atoms. The lowest BCUT2D eigenvalue weighted by Gasteiger charge is -2.37. The van der Waals surface area contributed by atoms with Gasteiger partial charge in [-0.15, -0.1) is 0 Å². The Hall–Kier alpha value is -6.74. The van der Waals surface area contributed by atoms with Crippen LogP contribution < -0.4 is 16.0 Å². The number of nitrogens with one attached hydrogen (secondary N) is 3. The third-order valence-electron chi connectivity index (χ3n) is 16.2. The number of Topliss-reactive ketones (excluding diaryl/α,β-unsaturated/α-hetero) is 2. The first-order valence-electron chi connectivity index (χ1n) is 29.1. The van der Waals surface area contributed by atoms with Crippen LogP contribution in [0.5, 0.6) is 0 Å². The van der Waals surface area contributed by atoms with E-state index >= 15 is 0 Å². The summed E-state index contributed by atoms with van der Waals surface area (Å²) in [6.07, 6.45) is 4.66. The SMILES string of the molecule is CC[C@@H](C)C(=O)N[C@H](C(=O)N1CCC[C@H]1CN(CCc1ccccc1)C(=O)CCC(=O)c1ccc2ccc(C(=O)CCC(=O)N(CCc3ccccc3)C[C@@H]3CCCN3C(=O)[C@@H](NC(=O)[C@H](C)NC)C(C)(C)C)cc2c1)C(C)(C)C. The summed E-state index contributed by atoms with van der Waals surface area (Å²) in [5.74, 6) is -1.78. The van der Waals surface area contributed by atoms with E-state index in [0.29, 0.717) is 87.9 Å². The Kier molecular flexibility index (Phi) is 22.3. The maximum atomic E-state index is 14.3. The van der Waals surface area contributed by atoms with Gasteiger partial charge in [0.2, 0.25) is 35.4 Å². The van der Waals surface area contributed by atoms with Crippen LogP contribution in [-0.2, 0) is 41.6 Å². The first kappa shape index (κ1) is 62.5. The van der Waals surface area contributed by atoms with Gasteiger partial charge in [-0.05, 0) is 104 Å². The standard InChI is InChI=1S/C65H89N7O8/c1-11-44(2)60(77)67-58(64(4,5)6)62(79)71-36-18-24-52(71)42-69(38-34-46-20-14-12-15-21-46)56(75)32-30-54(73)49-28-26-48-27-29-50(41-51(48)40-49)55(74)31-33-57(76)70(39-35-47-22-16-13-17-23-47)43-53-25-19-37-72(53)63(80)59(65(7,8)9)68-61(78)45(3)66-10/h12-17,20-23,26-29,40-41,44-45,52-53,58-59,66H,11,18-19,24-25,30-39,42-43H2,1-10H3,(H,67,77)(H,68,78)/t44-,45+,52+,53+,58-,59-/m1/s1. The molecule has 4 aromatic carbocycles. The molecular formula is C65H89N7O8. The van der Waals surface area contributed by atoms with Crippen molar-refractivity contribution in [3.63, 3.8) is 0 Å². The van der Waals surface area contributed by atoms with Crippen molar-refractivity contribution < 1.29 is 38.4 Å². The van der Waals surface area contributed by atoms with Crippen molar-refractivity contribution in [1.29, 1.82) is 0 Å². The van der Waals surface area contributed by atoms with E-state index in [1.807, 2.05) is 138 Å². The van der Waals surface area contributed by atoms with Gasteiger partial charge in [0.15, 0.2) is 11.6 Å². The smallest absolute Gasteiger partial charge is 0.246 e. The van der Waals surface area contributed by atoms with Crippen LogP contribution in [0.2, 0.25) is 0 Å². The summed E-state index contributed by atoms with van der Waals surface area (Å²) in [7, 11) is 1.70. The molecule has 2 aliphatic rings. The number of rotatable bonds is 26. The zero-order valence-electron chi connectivity index (χ0n) is 49.3. The largest absolute Gasteiger partial charge is 0.344 e. The highest BCUT2D eigenvalue weighted by atomic mass is 16.2. The molecule has 0 spiro atoms. The van der Waals surface area contributed by atoms with E-state index < -0.39 is 29.0 Å². The molecule has 4 aromatic rings. The van der Waals surface area contributed by atoms with Crippen molar-refractivity contribution in [2.45, 2.75) is 163 Å². The molecule has 432 valence electrons. The minimum atomic E-state index is -0.770. The van der Waals surface area contributed by atoms with E-state index in [2.05, 4.69) is 16.0 Å². The molecule has 0 radical (unpaired) electrons. The maximum Gasteiger partial charge on any atom is 0.246 e. The predicted molar refractivity (Wildman–Crippen MR) is 315 cm³/mol. The van der Waals surface area contributed by atoms with Crippen LogP contribution in [-0.4, -0.2) is 143 Å². The molecule has 0 saturated carbocycles. The van der Waals surface area contributed by atoms with Crippen LogP contribution in [0.1, 0.15) is 152 Å². The number of likely N-dealkylation sites (tertiary alicyclic amines) is 2. The normalized spacial score (nSPS) is 17.1. The molecule has 3 N–H and O–H groups in total. The highest BCUT2D eigenvalue weighted by Crippen LogP contribution is 2.30. The van der Waals surface area contributed by atoms with Crippen molar-refractivity contribution in [3.05, 3.63) is 119 Å². The Balaban J connectivity index is 1.11. The number of benzene rings is 4. The van der Waals surface area contributed by atoms with Gasteiger partial charge in [-0.3, -0.25) is 38.4 Å². The van der Waals surface area contributed by atoms with Gasteiger partial charge in [0, 0.05) is 94.1 Å². The van der Waals surface area contributed by atoms with E-state index in [1.165, 1.54) is 0 Å². The van der Waals surface area contributed by atoms with Crippen LogP contribution in [0.25, 0.3) is 10.8 Å². The monoisotopic (exact) mass is 1100 g/mol. The molecular weight excluding hydrogens is 1010 g/mol. The molecule has 15 nitrogen and oxygen atoms in total. The van der Waals surface area contributed by atoms with E-state index in [0.717, 1.165) is 29.4 Å². The summed E-state index contributed by atoms with van der Waals surface area (Å²) < 4.78 is 0. The number of carbonyl (C=O) groups is 8. The van der Waals surface area contributed by atoms with Crippen LogP contribution in [0.3, 0.4) is 0 Å². The van der Waals surface area contributed by atoms with Gasteiger partial charge < -0.3 is 35.6 Å². The Morgan fingerprint density at radius 2 is 0.975 bits per heavy atom. The second kappa shape index (κ2) is 28.6. The molecule has 15 heteroatoms. The molecule has 0 bridgehead atoms. The predicted octanol–water partition coefficient (Wildman–Crippen LogP) is 8.61. The second-order valence-corrected chi connectivity index (χ2v) is 24.4. The highest BCUT2D eigenvalue weighted by Gasteiger charge is 2.42. The van der Waals surface area contributed by atoms with E-state index in [9.17, 15) is 38.4 Å². The summed E-state index contributed by atoms with van der Waals surface area (Å²) in [6, 6.07) is 27.9. The minimum absolute atomic E-state index is 0.0299. The number of hydrogen-bond acceptors (Lipinski definition) is 9. The van der Waals surface area contributed by atoms with Gasteiger partial charge >= 0.3 is 0 Å². The minimum Gasteiger partial charge on any atom is -0.344 e. The third-order valence-corrected chi connectivity index (χ3v) is 16.2. The summed E-state index contributed by atoms with van der Waals surface area (Å²) in [5, 5.41) is 10.5. The molecule has 2 saturated heterocycles. The van der Waals surface area contributed by atoms with Crippen molar-refractivity contribution in [2.75, 3.05) is 46.3 Å². The first-order chi connectivity index (χ1) is 38.0. The molecule has 2 aliphatic heterocycles. The number of amides is 6. The van der Waals surface area contributed by atoms with Gasteiger partial charge in [-0.1, -0.05) is 140 Å². The fourth-order valence-corrected chi connectivity index (χ4v) is 10.7. The van der Waals surface area contributed by atoms with Crippen molar-refractivity contribution in [3.8, 4) is 0 Å². The molecule has 0 aliphatic carbocycles. The first-order valence-corrected chi connectivity index (χ1v) is 29.1. The molecule has 2 fully saturated rings. The lowest BCUT2D eigenvalue weighted by Crippen LogP contribution is -2.59. The van der Waals surface area contributed by atoms with Crippen LogP contribution in [0.15, 0.2) is 97.1 Å². The zero-order valence-corrected chi connectivity index (χ0v) is 49.3. The average molecular weight is 1100 g/mol. The summed E-state index contributed by atoms with van der Waals surface area (Å²) in [5.41, 5.74) is 1.85. The Morgan fingerprint density at radius 3 is 1.36 bits per heavy atom. The van der Waals surface area contributed by atoms with Crippen LogP contribution in [0, 0.1) is 16.7 Å². The molecule has 0 aromatic heterocycles. The quantitative estimate of drug-likeness (QED) is 0.0518. The van der Waals surface area contributed by atoms with Crippen LogP contribution in [0.4, 0.5) is 0 Å². The number of fused-ring (bicyclic) bond motifs is 1. The Morgan fingerprint density at radius 1 is 0.562 bits per heavy atom. The molecule has 0 unspecified atom stereocenters. The Bertz CT molecular complexity index is 2600. The molecule has 2 heterocycles. The average Bonchev–Trinajstić information content (AvgIpc) is 4.13. The second-order valence-electron chi connectivity index (χ2n) is 24.4. The van der Waals surface area contributed by atoms with Crippen LogP contribution >= 0.6 is 0 Å². The summed E-state index contributed by atoms with van der Waals surface area (Å²) in [6.45, 7) is 19.6. The highest BCUT2D eigenvalue weighted by molar-refractivity contribution is 6.04. The lowest BCUT2D eigenvalue weighted by atomic mass is 9.85. The number of hydrogen-bond donors (Lipinski definition) is 3. The van der Waals surface area contributed by atoms with Gasteiger partial charge in [-0.2, -0.15) is 0 Å². The summed E-state index contributed by atoms with van der Waals surface area (Å²) in [4.78, 5) is 118. The van der Waals surface area contributed by atoms with Gasteiger partial charge in [0.25, 0.3) is 0 Å². The van der Waals surface area contributed by atoms with E-state index in [-0.39, 0.29) is 90.7 Å². The van der Waals surface area contributed by atoms with E-state index in [1.54, 1.807) is 48.0 Å². The van der Waals surface area contributed by atoms with Gasteiger partial charge in [0.05, 0.1) is 6.04 Å². The zero-order chi connectivity index (χ0) is 58.3. The molecule has 6 rings (SSSR count). The van der Waals surface area contributed by atoms with Gasteiger partial charge in [-0.25, -0.2) is 0 Å². The number of likely N-dealkylation sites (N-methyl/N-ethyl adjacent to an activating group) is 1. The fourth-order valence-electron chi connectivity index (χ4n) is 10.7. The number of ketones is 2. The lowest BCUT2D eigenvalue weighted by molar-refractivity contribution is -0.142. The number of nitrogens with zero attached hydrogens (tertiary/aromatic N) is 4. The summed E-state index contributed by atoms with van der Waals surface area (Å²) >= 11 is 0. The maximum absolute atomic E-state index is 14.3. The molecule has 6 atom stereocenters. The fraction of sp³-hybridized carbons (Fsp3) is 0.538. The van der Waals surface area contributed by atoms with E-state index in [4.69, 9.17) is 0 Å². The number of carbonyl (C=O) groups excluding carboxylic acids is 8. The van der Waals surface area contributed by atoms with Gasteiger partial charge in [0.1, 0.15) is 12.1 Å². The topological polar surface area (TPSA) is 186 Å². The molecule has 6 amide bonds. The van der Waals surface area contributed by atoms with Crippen molar-refractivity contribution in [1.82, 2.24) is 35.6 Å². The van der Waals surface area contributed by atoms with Crippen molar-refractivity contribution in [2.24, 2.45) is 16.7 Å². The Labute approximate surface area is 475 Å².